The van der Waals surface area contributed by atoms with E-state index in [1.807, 2.05) is 0 Å². The highest BCUT2D eigenvalue weighted by Crippen LogP contribution is 2.47. The molecule has 1 aliphatic rings. The van der Waals surface area contributed by atoms with Gasteiger partial charge in [-0.15, -0.1) is 13.2 Å². The summed E-state index contributed by atoms with van der Waals surface area (Å²) < 4.78 is 40.6. The first-order valence-electron chi connectivity index (χ1n) is 5.71. The third-order valence-electron chi connectivity index (χ3n) is 3.02. The molecule has 108 valence electrons. The maximum atomic E-state index is 12.3. The zero-order chi connectivity index (χ0) is 15.0. The monoisotopic (exact) mass is 304 g/mol. The van der Waals surface area contributed by atoms with Crippen LogP contribution in [0.25, 0.3) is 0 Å². The Labute approximate surface area is 118 Å². The van der Waals surface area contributed by atoms with E-state index in [1.165, 1.54) is 18.2 Å². The van der Waals surface area contributed by atoms with Crippen LogP contribution in [-0.4, -0.2) is 17.3 Å². The molecule has 1 fully saturated rings. The van der Waals surface area contributed by atoms with Gasteiger partial charge in [0.15, 0.2) is 5.75 Å². The van der Waals surface area contributed by atoms with E-state index in [4.69, 9.17) is 18.0 Å². The van der Waals surface area contributed by atoms with Crippen LogP contribution in [0.15, 0.2) is 24.3 Å². The molecule has 1 aromatic carbocycles. The first-order chi connectivity index (χ1) is 9.24. The largest absolute Gasteiger partial charge is 0.573 e. The minimum absolute atomic E-state index is 0.0456. The van der Waals surface area contributed by atoms with Gasteiger partial charge in [-0.25, -0.2) is 0 Å². The summed E-state index contributed by atoms with van der Waals surface area (Å²) in [5.74, 6) is -0.990. The van der Waals surface area contributed by atoms with Crippen LogP contribution in [0.5, 0.6) is 5.75 Å². The molecule has 4 nitrogen and oxygen atoms in total. The van der Waals surface area contributed by atoms with E-state index in [0.29, 0.717) is 12.8 Å². The van der Waals surface area contributed by atoms with Gasteiger partial charge >= 0.3 is 6.36 Å². The molecule has 0 saturated heterocycles. The van der Waals surface area contributed by atoms with Gasteiger partial charge in [0.05, 0.1) is 16.1 Å². The van der Waals surface area contributed by atoms with E-state index in [2.05, 4.69) is 10.1 Å². The molecule has 0 aromatic heterocycles. The number of thiocarbonyl (C=S) groups is 1. The molecular formula is C12H11F3N2O2S. The quantitative estimate of drug-likeness (QED) is 0.839. The Balaban J connectivity index is 2.18. The van der Waals surface area contributed by atoms with Gasteiger partial charge in [-0.2, -0.15) is 0 Å². The number of hydrogen-bond donors (Lipinski definition) is 2. The summed E-state index contributed by atoms with van der Waals surface area (Å²) in [5.41, 5.74) is 4.47. The Morgan fingerprint density at radius 1 is 1.35 bits per heavy atom. The number of carbonyl (C=O) groups is 1. The normalized spacial score (nSPS) is 16.4. The number of benzene rings is 1. The van der Waals surface area contributed by atoms with Crippen LogP contribution in [0.3, 0.4) is 0 Å². The van der Waals surface area contributed by atoms with E-state index in [-0.39, 0.29) is 10.7 Å². The summed E-state index contributed by atoms with van der Waals surface area (Å²) in [7, 11) is 0. The maximum absolute atomic E-state index is 12.3. The van der Waals surface area contributed by atoms with Crippen LogP contribution in [0.1, 0.15) is 12.8 Å². The fourth-order valence-corrected chi connectivity index (χ4v) is 2.03. The summed E-state index contributed by atoms with van der Waals surface area (Å²) >= 11 is 4.81. The van der Waals surface area contributed by atoms with Crippen molar-refractivity contribution in [3.8, 4) is 5.75 Å². The van der Waals surface area contributed by atoms with E-state index in [0.717, 1.165) is 6.07 Å². The highest BCUT2D eigenvalue weighted by molar-refractivity contribution is 7.80. The summed E-state index contributed by atoms with van der Waals surface area (Å²) in [6.07, 6.45) is -3.84. The lowest BCUT2D eigenvalue weighted by molar-refractivity contribution is -0.274. The van der Waals surface area contributed by atoms with Gasteiger partial charge in [0, 0.05) is 0 Å². The molecule has 0 unspecified atom stereocenters. The fraction of sp³-hybridized carbons (Fsp3) is 0.333. The smallest absolute Gasteiger partial charge is 0.404 e. The van der Waals surface area contributed by atoms with E-state index in [9.17, 15) is 18.0 Å². The Morgan fingerprint density at radius 3 is 2.45 bits per heavy atom. The Kier molecular flexibility index (Phi) is 3.59. The van der Waals surface area contributed by atoms with Crippen LogP contribution in [0.4, 0.5) is 18.9 Å². The third kappa shape index (κ3) is 3.01. The highest BCUT2D eigenvalue weighted by Gasteiger charge is 2.53. The lowest BCUT2D eigenvalue weighted by Crippen LogP contribution is -2.35. The average Bonchev–Trinajstić information content (AvgIpc) is 3.10. The van der Waals surface area contributed by atoms with Gasteiger partial charge in [0.1, 0.15) is 0 Å². The van der Waals surface area contributed by atoms with Crippen molar-refractivity contribution in [2.45, 2.75) is 19.2 Å². The molecule has 0 aliphatic heterocycles. The average molecular weight is 304 g/mol. The second-order valence-corrected chi connectivity index (χ2v) is 4.88. The van der Waals surface area contributed by atoms with Crippen molar-refractivity contribution in [3.05, 3.63) is 24.3 Å². The summed E-state index contributed by atoms with van der Waals surface area (Å²) in [5, 5.41) is 2.39. The second kappa shape index (κ2) is 4.93. The van der Waals surface area contributed by atoms with Crippen molar-refractivity contribution in [2.75, 3.05) is 5.32 Å². The van der Waals surface area contributed by atoms with Crippen molar-refractivity contribution >= 4 is 28.8 Å². The number of ether oxygens (including phenoxy) is 1. The Morgan fingerprint density at radius 2 is 1.95 bits per heavy atom. The summed E-state index contributed by atoms with van der Waals surface area (Å²) in [6.45, 7) is 0. The number of alkyl halides is 3. The van der Waals surface area contributed by atoms with Crippen molar-refractivity contribution < 1.29 is 22.7 Å². The molecule has 8 heteroatoms. The molecule has 0 heterocycles. The number of rotatable bonds is 4. The number of carbonyl (C=O) groups excluding carboxylic acids is 1. The Hall–Kier alpha value is -1.83. The number of nitrogens with two attached hydrogens (primary N) is 1. The van der Waals surface area contributed by atoms with Gasteiger partial charge in [0.2, 0.25) is 5.91 Å². The molecule has 0 radical (unpaired) electrons. The van der Waals surface area contributed by atoms with Crippen molar-refractivity contribution in [1.82, 2.24) is 0 Å². The number of halogens is 3. The lowest BCUT2D eigenvalue weighted by atomic mass is 10.1. The Bertz CT molecular complexity index is 556. The predicted molar refractivity (Wildman–Crippen MR) is 70.2 cm³/mol. The fourth-order valence-electron chi connectivity index (χ4n) is 1.74. The van der Waals surface area contributed by atoms with Gasteiger partial charge in [-0.3, -0.25) is 4.79 Å². The van der Waals surface area contributed by atoms with Crippen molar-refractivity contribution in [3.63, 3.8) is 0 Å². The first kappa shape index (κ1) is 14.6. The van der Waals surface area contributed by atoms with Crippen LogP contribution in [0.2, 0.25) is 0 Å². The molecule has 1 aliphatic carbocycles. The number of anilines is 1. The SMILES string of the molecule is NC(=S)C1(C(=O)Nc2ccccc2OC(F)(F)F)CC1. The zero-order valence-electron chi connectivity index (χ0n) is 10.2. The first-order valence-corrected chi connectivity index (χ1v) is 6.11. The number of amides is 1. The van der Waals surface area contributed by atoms with Gasteiger partial charge in [-0.1, -0.05) is 24.4 Å². The molecule has 0 spiro atoms. The van der Waals surface area contributed by atoms with Gasteiger partial charge < -0.3 is 15.8 Å². The van der Waals surface area contributed by atoms with Crippen molar-refractivity contribution in [2.24, 2.45) is 11.1 Å². The standard InChI is InChI=1S/C12H11F3N2O2S/c13-12(14,15)19-8-4-2-1-3-7(8)17-10(18)11(5-6-11)9(16)20/h1-4H,5-6H2,(H2,16,20)(H,17,18). The van der Waals surface area contributed by atoms with Crippen LogP contribution in [-0.2, 0) is 4.79 Å². The van der Waals surface area contributed by atoms with E-state index >= 15 is 0 Å². The predicted octanol–water partition coefficient (Wildman–Crippen LogP) is 2.59. The number of nitrogens with one attached hydrogen (secondary N) is 1. The molecule has 2 rings (SSSR count). The number of para-hydroxylation sites is 2. The molecule has 3 N–H and O–H groups in total. The summed E-state index contributed by atoms with van der Waals surface area (Å²) in [6, 6.07) is 5.29. The molecule has 0 atom stereocenters. The zero-order valence-corrected chi connectivity index (χ0v) is 11.0. The van der Waals surface area contributed by atoms with E-state index < -0.39 is 23.4 Å². The molecule has 1 saturated carbocycles. The minimum atomic E-state index is -4.83. The molecule has 0 bridgehead atoms. The molecule has 20 heavy (non-hydrogen) atoms. The van der Waals surface area contributed by atoms with Crippen LogP contribution in [0, 0.1) is 5.41 Å². The molecule has 1 amide bonds. The molecule has 1 aromatic rings. The third-order valence-corrected chi connectivity index (χ3v) is 3.41. The number of hydrogen-bond acceptors (Lipinski definition) is 3. The summed E-state index contributed by atoms with van der Waals surface area (Å²) in [4.78, 5) is 12.1. The van der Waals surface area contributed by atoms with E-state index in [1.54, 1.807) is 0 Å². The topological polar surface area (TPSA) is 64.4 Å². The second-order valence-electron chi connectivity index (χ2n) is 4.44. The van der Waals surface area contributed by atoms with Gasteiger partial charge in [0.25, 0.3) is 0 Å². The van der Waals surface area contributed by atoms with Crippen molar-refractivity contribution in [1.29, 1.82) is 0 Å². The van der Waals surface area contributed by atoms with Crippen LogP contribution < -0.4 is 15.8 Å². The highest BCUT2D eigenvalue weighted by atomic mass is 32.1. The van der Waals surface area contributed by atoms with Crippen LogP contribution >= 0.6 is 12.2 Å². The minimum Gasteiger partial charge on any atom is -0.404 e. The molecular weight excluding hydrogens is 293 g/mol. The lowest BCUT2D eigenvalue weighted by Gasteiger charge is -2.17. The maximum Gasteiger partial charge on any atom is 0.573 e. The van der Waals surface area contributed by atoms with Gasteiger partial charge in [-0.05, 0) is 25.0 Å².